The number of nitrogens with two attached hydrogens (primary N) is 1. The Hall–Kier alpha value is -0.820. The van der Waals surface area contributed by atoms with E-state index in [1.54, 1.807) is 0 Å². The first-order valence-corrected chi connectivity index (χ1v) is 6.46. The van der Waals surface area contributed by atoms with Crippen LogP contribution in [-0.2, 0) is 5.41 Å². The molecule has 0 spiro atoms. The maximum absolute atomic E-state index is 5.80. The number of rotatable bonds is 3. The van der Waals surface area contributed by atoms with Gasteiger partial charge in [-0.2, -0.15) is 0 Å². The number of hydrogen-bond donors (Lipinski definition) is 1. The van der Waals surface area contributed by atoms with Crippen molar-refractivity contribution in [1.29, 1.82) is 0 Å². The van der Waals surface area contributed by atoms with Gasteiger partial charge in [-0.15, -0.1) is 0 Å². The lowest BCUT2D eigenvalue weighted by Gasteiger charge is -2.30. The van der Waals surface area contributed by atoms with Crippen LogP contribution in [-0.4, -0.2) is 6.54 Å². The van der Waals surface area contributed by atoms with E-state index in [0.717, 1.165) is 13.0 Å². The Balaban J connectivity index is 2.35. The molecule has 0 aliphatic heterocycles. The van der Waals surface area contributed by atoms with Crippen molar-refractivity contribution in [2.75, 3.05) is 6.54 Å². The summed E-state index contributed by atoms with van der Waals surface area (Å²) >= 11 is 0. The molecule has 0 atom stereocenters. The second kappa shape index (κ2) is 4.58. The van der Waals surface area contributed by atoms with E-state index >= 15 is 0 Å². The summed E-state index contributed by atoms with van der Waals surface area (Å²) in [5.41, 5.74) is 10.5. The van der Waals surface area contributed by atoms with Crippen molar-refractivity contribution >= 4 is 0 Å². The summed E-state index contributed by atoms with van der Waals surface area (Å²) in [5, 5.41) is 0. The molecule has 2 N–H and O–H groups in total. The maximum Gasteiger partial charge on any atom is -0.00349 e. The second-order valence-electron chi connectivity index (χ2n) is 5.33. The molecule has 1 nitrogen and oxygen atoms in total. The average Bonchev–Trinajstić information content (AvgIpc) is 2.72. The Morgan fingerprint density at radius 3 is 2.38 bits per heavy atom. The molecular formula is C15H23N. The van der Waals surface area contributed by atoms with Crippen LogP contribution in [0.15, 0.2) is 18.2 Å². The van der Waals surface area contributed by atoms with Gasteiger partial charge in [0.25, 0.3) is 0 Å². The second-order valence-corrected chi connectivity index (χ2v) is 5.33. The summed E-state index contributed by atoms with van der Waals surface area (Å²) in [6.07, 6.45) is 6.54. The third-order valence-corrected chi connectivity index (χ3v) is 4.30. The molecule has 1 aliphatic carbocycles. The molecule has 1 heteroatoms. The van der Waals surface area contributed by atoms with Gasteiger partial charge < -0.3 is 5.73 Å². The summed E-state index contributed by atoms with van der Waals surface area (Å²) in [5.74, 6) is 0. The van der Waals surface area contributed by atoms with Crippen LogP contribution in [0.5, 0.6) is 0 Å². The normalized spacial score (nSPS) is 18.9. The highest BCUT2D eigenvalue weighted by atomic mass is 14.5. The highest BCUT2D eigenvalue weighted by Gasteiger charge is 2.34. The van der Waals surface area contributed by atoms with Crippen LogP contribution in [0, 0.1) is 13.8 Å². The topological polar surface area (TPSA) is 26.0 Å². The van der Waals surface area contributed by atoms with Gasteiger partial charge >= 0.3 is 0 Å². The molecule has 0 bridgehead atoms. The van der Waals surface area contributed by atoms with Crippen molar-refractivity contribution in [2.45, 2.75) is 51.4 Å². The van der Waals surface area contributed by atoms with Crippen LogP contribution in [0.1, 0.15) is 48.8 Å². The van der Waals surface area contributed by atoms with Crippen LogP contribution in [0.3, 0.4) is 0 Å². The number of hydrogen-bond acceptors (Lipinski definition) is 1. The number of benzene rings is 1. The summed E-state index contributed by atoms with van der Waals surface area (Å²) in [4.78, 5) is 0. The van der Waals surface area contributed by atoms with Gasteiger partial charge in [-0.1, -0.05) is 31.0 Å². The molecule has 0 amide bonds. The summed E-state index contributed by atoms with van der Waals surface area (Å²) in [7, 11) is 0. The van der Waals surface area contributed by atoms with Crippen molar-refractivity contribution < 1.29 is 0 Å². The van der Waals surface area contributed by atoms with E-state index in [9.17, 15) is 0 Å². The van der Waals surface area contributed by atoms with Gasteiger partial charge in [0.15, 0.2) is 0 Å². The van der Waals surface area contributed by atoms with Crippen LogP contribution < -0.4 is 5.73 Å². The van der Waals surface area contributed by atoms with E-state index in [-0.39, 0.29) is 0 Å². The zero-order chi connectivity index (χ0) is 11.6. The van der Waals surface area contributed by atoms with Gasteiger partial charge in [0, 0.05) is 0 Å². The third kappa shape index (κ3) is 2.01. The molecule has 1 aromatic carbocycles. The van der Waals surface area contributed by atoms with Crippen molar-refractivity contribution in [1.82, 2.24) is 0 Å². The summed E-state index contributed by atoms with van der Waals surface area (Å²) < 4.78 is 0. The van der Waals surface area contributed by atoms with Gasteiger partial charge in [0.2, 0.25) is 0 Å². The van der Waals surface area contributed by atoms with E-state index in [0.29, 0.717) is 5.41 Å². The van der Waals surface area contributed by atoms with Gasteiger partial charge in [-0.3, -0.25) is 0 Å². The molecule has 0 aromatic heterocycles. The monoisotopic (exact) mass is 217 g/mol. The summed E-state index contributed by atoms with van der Waals surface area (Å²) in [6, 6.07) is 6.97. The molecule has 1 saturated carbocycles. The molecule has 88 valence electrons. The Labute approximate surface area is 99.0 Å². The van der Waals surface area contributed by atoms with Crippen molar-refractivity contribution in [3.63, 3.8) is 0 Å². The zero-order valence-electron chi connectivity index (χ0n) is 10.6. The minimum absolute atomic E-state index is 0.396. The molecule has 0 heterocycles. The fourth-order valence-corrected chi connectivity index (χ4v) is 3.08. The molecule has 0 radical (unpaired) electrons. The highest BCUT2D eigenvalue weighted by molar-refractivity contribution is 5.35. The van der Waals surface area contributed by atoms with Crippen molar-refractivity contribution in [3.05, 3.63) is 34.9 Å². The van der Waals surface area contributed by atoms with Gasteiger partial charge in [-0.25, -0.2) is 0 Å². The van der Waals surface area contributed by atoms with E-state index < -0.39 is 0 Å². The Morgan fingerprint density at radius 2 is 1.81 bits per heavy atom. The molecule has 0 unspecified atom stereocenters. The average molecular weight is 217 g/mol. The fourth-order valence-electron chi connectivity index (χ4n) is 3.08. The largest absolute Gasteiger partial charge is 0.330 e. The minimum atomic E-state index is 0.396. The Bertz CT molecular complexity index is 362. The van der Waals surface area contributed by atoms with Crippen LogP contribution in [0.4, 0.5) is 0 Å². The first-order chi connectivity index (χ1) is 7.68. The molecule has 16 heavy (non-hydrogen) atoms. The lowest BCUT2D eigenvalue weighted by molar-refractivity contribution is 0.411. The zero-order valence-corrected chi connectivity index (χ0v) is 10.6. The molecule has 1 aliphatic rings. The van der Waals surface area contributed by atoms with Crippen molar-refractivity contribution in [2.24, 2.45) is 5.73 Å². The van der Waals surface area contributed by atoms with Crippen molar-refractivity contribution in [3.8, 4) is 0 Å². The molecule has 1 aromatic rings. The van der Waals surface area contributed by atoms with Gasteiger partial charge in [-0.05, 0) is 61.8 Å². The third-order valence-electron chi connectivity index (χ3n) is 4.30. The predicted octanol–water partition coefficient (Wildman–Crippen LogP) is 3.46. The van der Waals surface area contributed by atoms with E-state index in [2.05, 4.69) is 32.0 Å². The standard InChI is InChI=1S/C15H23N/c1-12-5-6-14(11-13(12)2)15(9-10-16)7-3-4-8-15/h5-6,11H,3-4,7-10,16H2,1-2H3. The Morgan fingerprint density at radius 1 is 1.12 bits per heavy atom. The Kier molecular flexibility index (Phi) is 3.34. The van der Waals surface area contributed by atoms with Gasteiger partial charge in [0.1, 0.15) is 0 Å². The quantitative estimate of drug-likeness (QED) is 0.824. The number of aryl methyl sites for hydroxylation is 2. The summed E-state index contributed by atoms with van der Waals surface area (Å²) in [6.45, 7) is 5.21. The maximum atomic E-state index is 5.80. The van der Waals surface area contributed by atoms with E-state index in [1.165, 1.54) is 42.4 Å². The lowest BCUT2D eigenvalue weighted by Crippen LogP contribution is -2.25. The molecule has 0 saturated heterocycles. The van der Waals surface area contributed by atoms with Crippen LogP contribution in [0.25, 0.3) is 0 Å². The fraction of sp³-hybridized carbons (Fsp3) is 0.600. The van der Waals surface area contributed by atoms with Gasteiger partial charge in [0.05, 0.1) is 0 Å². The molecular weight excluding hydrogens is 194 g/mol. The van der Waals surface area contributed by atoms with E-state index in [1.807, 2.05) is 0 Å². The lowest BCUT2D eigenvalue weighted by atomic mass is 9.75. The SMILES string of the molecule is Cc1ccc(C2(CCN)CCCC2)cc1C. The first-order valence-electron chi connectivity index (χ1n) is 6.46. The molecule has 2 rings (SSSR count). The first kappa shape index (κ1) is 11.7. The predicted molar refractivity (Wildman–Crippen MR) is 69.7 cm³/mol. The molecule has 1 fully saturated rings. The van der Waals surface area contributed by atoms with E-state index in [4.69, 9.17) is 5.73 Å². The van der Waals surface area contributed by atoms with Crippen LogP contribution in [0.2, 0.25) is 0 Å². The minimum Gasteiger partial charge on any atom is -0.330 e. The highest BCUT2D eigenvalue weighted by Crippen LogP contribution is 2.43. The van der Waals surface area contributed by atoms with Crippen LogP contribution >= 0.6 is 0 Å². The smallest absolute Gasteiger partial charge is 0.00349 e.